The summed E-state index contributed by atoms with van der Waals surface area (Å²) in [5, 5.41) is 2.93. The predicted molar refractivity (Wildman–Crippen MR) is 112 cm³/mol. The van der Waals surface area contributed by atoms with Crippen molar-refractivity contribution in [2.24, 2.45) is 5.92 Å². The zero-order valence-corrected chi connectivity index (χ0v) is 16.7. The van der Waals surface area contributed by atoms with E-state index >= 15 is 0 Å². The summed E-state index contributed by atoms with van der Waals surface area (Å²) in [7, 11) is 0. The van der Waals surface area contributed by atoms with Crippen molar-refractivity contribution >= 4 is 11.8 Å². The van der Waals surface area contributed by atoms with E-state index in [-0.39, 0.29) is 17.7 Å². The highest BCUT2D eigenvalue weighted by Crippen LogP contribution is 2.26. The molecule has 0 unspecified atom stereocenters. The van der Waals surface area contributed by atoms with Crippen molar-refractivity contribution in [2.45, 2.75) is 32.1 Å². The van der Waals surface area contributed by atoms with Gasteiger partial charge in [0.1, 0.15) is 12.4 Å². The maximum atomic E-state index is 12.6. The molecule has 29 heavy (non-hydrogen) atoms. The lowest BCUT2D eigenvalue weighted by molar-refractivity contribution is 0.0854. The molecule has 1 saturated heterocycles. The summed E-state index contributed by atoms with van der Waals surface area (Å²) in [5.41, 5.74) is 3.58. The standard InChI is InChI=1S/C24H28N2O3/c27-23(19-5-2-1-3-6-19)20-11-14-26(15-12-20)24(28)25-13-16-29-22-10-9-18-7-4-8-21(18)17-22/h1-3,5-6,9-10,17,20H,4,7-8,11-16H2,(H,25,28). The lowest BCUT2D eigenvalue weighted by Crippen LogP contribution is -2.46. The number of ketones is 1. The van der Waals surface area contributed by atoms with Crippen LogP contribution in [0.1, 0.15) is 40.7 Å². The average molecular weight is 392 g/mol. The monoisotopic (exact) mass is 392 g/mol. The maximum absolute atomic E-state index is 12.6. The lowest BCUT2D eigenvalue weighted by atomic mass is 9.89. The highest BCUT2D eigenvalue weighted by molar-refractivity contribution is 5.97. The summed E-state index contributed by atoms with van der Waals surface area (Å²) in [4.78, 5) is 26.7. The molecule has 1 heterocycles. The first kappa shape index (κ1) is 19.5. The first-order valence-corrected chi connectivity index (χ1v) is 10.6. The van der Waals surface area contributed by atoms with Gasteiger partial charge in [0.15, 0.2) is 5.78 Å². The summed E-state index contributed by atoms with van der Waals surface area (Å²) in [6.07, 6.45) is 4.95. The second kappa shape index (κ2) is 9.12. The number of aryl methyl sites for hydroxylation is 2. The van der Waals surface area contributed by atoms with Gasteiger partial charge in [0.25, 0.3) is 0 Å². The first-order chi connectivity index (χ1) is 14.2. The van der Waals surface area contributed by atoms with Gasteiger partial charge in [-0.2, -0.15) is 0 Å². The van der Waals surface area contributed by atoms with E-state index in [1.54, 1.807) is 4.90 Å². The summed E-state index contributed by atoms with van der Waals surface area (Å²) in [5.74, 6) is 1.07. The molecule has 2 amide bonds. The Kier molecular flexibility index (Phi) is 6.13. The Morgan fingerprint density at radius 1 is 1.00 bits per heavy atom. The van der Waals surface area contributed by atoms with Crippen molar-refractivity contribution in [1.82, 2.24) is 10.2 Å². The average Bonchev–Trinajstić information content (AvgIpc) is 3.25. The van der Waals surface area contributed by atoms with E-state index in [9.17, 15) is 9.59 Å². The molecule has 5 heteroatoms. The molecule has 4 rings (SSSR count). The zero-order chi connectivity index (χ0) is 20.1. The van der Waals surface area contributed by atoms with Crippen LogP contribution in [0.4, 0.5) is 4.79 Å². The number of carbonyl (C=O) groups excluding carboxylic acids is 2. The first-order valence-electron chi connectivity index (χ1n) is 10.6. The molecule has 0 bridgehead atoms. The summed E-state index contributed by atoms with van der Waals surface area (Å²) in [6.45, 7) is 2.15. The van der Waals surface area contributed by atoms with Gasteiger partial charge in [0, 0.05) is 24.6 Å². The number of benzene rings is 2. The van der Waals surface area contributed by atoms with Gasteiger partial charge >= 0.3 is 6.03 Å². The molecule has 1 aliphatic carbocycles. The molecule has 0 radical (unpaired) electrons. The fraction of sp³-hybridized carbons (Fsp3) is 0.417. The van der Waals surface area contributed by atoms with Crippen LogP contribution >= 0.6 is 0 Å². The molecule has 1 aliphatic heterocycles. The minimum atomic E-state index is -0.0758. The van der Waals surface area contributed by atoms with E-state index in [1.807, 2.05) is 36.4 Å². The Labute approximate surface area is 172 Å². The summed E-state index contributed by atoms with van der Waals surface area (Å²) < 4.78 is 5.79. The number of hydrogen-bond donors (Lipinski definition) is 1. The zero-order valence-electron chi connectivity index (χ0n) is 16.7. The molecule has 2 aliphatic rings. The fourth-order valence-corrected chi connectivity index (χ4v) is 4.26. The highest BCUT2D eigenvalue weighted by Gasteiger charge is 2.27. The lowest BCUT2D eigenvalue weighted by Gasteiger charge is -2.31. The van der Waals surface area contributed by atoms with Gasteiger partial charge in [-0.1, -0.05) is 36.4 Å². The molecule has 1 N–H and O–H groups in total. The van der Waals surface area contributed by atoms with Crippen molar-refractivity contribution < 1.29 is 14.3 Å². The van der Waals surface area contributed by atoms with Crippen molar-refractivity contribution in [2.75, 3.05) is 26.2 Å². The number of hydrogen-bond acceptors (Lipinski definition) is 3. The molecule has 1 fully saturated rings. The number of urea groups is 1. The van der Waals surface area contributed by atoms with Crippen molar-refractivity contribution in [3.05, 3.63) is 65.2 Å². The van der Waals surface area contributed by atoms with Gasteiger partial charge in [0.2, 0.25) is 0 Å². The number of likely N-dealkylation sites (tertiary alicyclic amines) is 1. The van der Waals surface area contributed by atoms with Crippen LogP contribution in [0, 0.1) is 5.92 Å². The predicted octanol–water partition coefficient (Wildman–Crippen LogP) is 3.86. The number of nitrogens with zero attached hydrogens (tertiary/aromatic N) is 1. The van der Waals surface area contributed by atoms with Crippen molar-refractivity contribution in [3.63, 3.8) is 0 Å². The molecule has 0 spiro atoms. The third-order valence-electron chi connectivity index (χ3n) is 5.93. The van der Waals surface area contributed by atoms with Crippen LogP contribution < -0.4 is 10.1 Å². The van der Waals surface area contributed by atoms with E-state index in [4.69, 9.17) is 4.74 Å². The fourth-order valence-electron chi connectivity index (χ4n) is 4.26. The number of piperidine rings is 1. The molecule has 0 saturated carbocycles. The largest absolute Gasteiger partial charge is 0.492 e. The van der Waals surface area contributed by atoms with E-state index in [1.165, 1.54) is 24.0 Å². The molecule has 2 aromatic rings. The van der Waals surface area contributed by atoms with Crippen molar-refractivity contribution in [1.29, 1.82) is 0 Å². The Balaban J connectivity index is 1.17. The summed E-state index contributed by atoms with van der Waals surface area (Å²) in [6, 6.07) is 15.6. The Morgan fingerprint density at radius 2 is 1.76 bits per heavy atom. The molecular weight excluding hydrogens is 364 g/mol. The van der Waals surface area contributed by atoms with Gasteiger partial charge in [-0.15, -0.1) is 0 Å². The molecule has 5 nitrogen and oxygen atoms in total. The molecule has 152 valence electrons. The second-order valence-corrected chi connectivity index (χ2v) is 7.86. The number of nitrogens with one attached hydrogen (secondary N) is 1. The van der Waals surface area contributed by atoms with E-state index in [0.29, 0.717) is 39.1 Å². The highest BCUT2D eigenvalue weighted by atomic mass is 16.5. The van der Waals surface area contributed by atoms with Crippen LogP contribution in [0.25, 0.3) is 0 Å². The van der Waals surface area contributed by atoms with E-state index < -0.39 is 0 Å². The Bertz CT molecular complexity index is 858. The van der Waals surface area contributed by atoms with Gasteiger partial charge in [-0.25, -0.2) is 4.79 Å². The molecular formula is C24H28N2O3. The molecule has 2 aromatic carbocycles. The van der Waals surface area contributed by atoms with E-state index in [2.05, 4.69) is 17.4 Å². The van der Waals surface area contributed by atoms with Gasteiger partial charge in [-0.3, -0.25) is 4.79 Å². The number of carbonyl (C=O) groups is 2. The number of ether oxygens (including phenoxy) is 1. The second-order valence-electron chi connectivity index (χ2n) is 7.86. The van der Waals surface area contributed by atoms with Crippen LogP contribution in [-0.2, 0) is 12.8 Å². The van der Waals surface area contributed by atoms with Crippen LogP contribution in [0.2, 0.25) is 0 Å². The van der Waals surface area contributed by atoms with Crippen LogP contribution in [-0.4, -0.2) is 43.0 Å². The van der Waals surface area contributed by atoms with Gasteiger partial charge in [0.05, 0.1) is 6.54 Å². The smallest absolute Gasteiger partial charge is 0.317 e. The third kappa shape index (κ3) is 4.78. The number of rotatable bonds is 6. The number of Topliss-reactive ketones (excluding diaryl/α,β-unsaturated/α-hetero) is 1. The SMILES string of the molecule is O=C(c1ccccc1)C1CCN(C(=O)NCCOc2ccc3c(c2)CCC3)CC1. The normalized spacial score (nSPS) is 16.3. The molecule has 0 aromatic heterocycles. The minimum absolute atomic E-state index is 0.00425. The van der Waals surface area contributed by atoms with Crippen molar-refractivity contribution in [3.8, 4) is 5.75 Å². The van der Waals surface area contributed by atoms with Gasteiger partial charge in [-0.05, 0) is 55.4 Å². The maximum Gasteiger partial charge on any atom is 0.317 e. The minimum Gasteiger partial charge on any atom is -0.492 e. The quantitative estimate of drug-likeness (QED) is 0.600. The number of fused-ring (bicyclic) bond motifs is 1. The summed E-state index contributed by atoms with van der Waals surface area (Å²) >= 11 is 0. The molecule has 0 atom stereocenters. The topological polar surface area (TPSA) is 58.6 Å². The van der Waals surface area contributed by atoms with Crippen LogP contribution in [0.5, 0.6) is 5.75 Å². The Hall–Kier alpha value is -2.82. The Morgan fingerprint density at radius 3 is 2.55 bits per heavy atom. The number of amides is 2. The van der Waals surface area contributed by atoms with Crippen LogP contribution in [0.3, 0.4) is 0 Å². The van der Waals surface area contributed by atoms with Gasteiger partial charge < -0.3 is 15.0 Å². The van der Waals surface area contributed by atoms with E-state index in [0.717, 1.165) is 17.7 Å². The third-order valence-corrected chi connectivity index (χ3v) is 5.93. The van der Waals surface area contributed by atoms with Crippen LogP contribution in [0.15, 0.2) is 48.5 Å².